The average molecular weight is 736 g/mol. The van der Waals surface area contributed by atoms with E-state index in [1.54, 1.807) is 0 Å². The van der Waals surface area contributed by atoms with Crippen molar-refractivity contribution in [1.29, 1.82) is 0 Å². The highest BCUT2D eigenvalue weighted by molar-refractivity contribution is 6.18. The molecule has 57 heavy (non-hydrogen) atoms. The van der Waals surface area contributed by atoms with Gasteiger partial charge in [-0.25, -0.2) is 4.99 Å². The molecule has 0 fully saturated rings. The lowest BCUT2D eigenvalue weighted by Gasteiger charge is -2.39. The van der Waals surface area contributed by atoms with Crippen LogP contribution in [0.3, 0.4) is 0 Å². The molecule has 0 spiro atoms. The Morgan fingerprint density at radius 3 is 2.26 bits per heavy atom. The van der Waals surface area contributed by atoms with Gasteiger partial charge in [-0.05, 0) is 89.2 Å². The quantitative estimate of drug-likeness (QED) is 0.132. The van der Waals surface area contributed by atoms with Crippen LogP contribution in [0.15, 0.2) is 204 Å². The molecular formula is C54H45N3. The van der Waals surface area contributed by atoms with E-state index in [-0.39, 0.29) is 11.3 Å². The minimum absolute atomic E-state index is 0.232. The van der Waals surface area contributed by atoms with Crippen LogP contribution in [-0.4, -0.2) is 17.0 Å². The molecule has 276 valence electrons. The van der Waals surface area contributed by atoms with Crippen molar-refractivity contribution in [3.63, 3.8) is 0 Å². The molecule has 1 aromatic heterocycles. The molecular weight excluding hydrogens is 691 g/mol. The van der Waals surface area contributed by atoms with Gasteiger partial charge in [0.2, 0.25) is 0 Å². The smallest absolute Gasteiger partial charge is 0.131 e. The van der Waals surface area contributed by atoms with Gasteiger partial charge in [0.15, 0.2) is 0 Å². The van der Waals surface area contributed by atoms with Gasteiger partial charge < -0.3 is 0 Å². The van der Waals surface area contributed by atoms with E-state index < -0.39 is 0 Å². The lowest BCUT2D eigenvalue weighted by molar-refractivity contribution is 0.347. The number of aromatic nitrogens is 1. The first-order valence-electron chi connectivity index (χ1n) is 19.8. The fraction of sp³-hybridized carbons (Fsp3) is 0.111. The zero-order chi connectivity index (χ0) is 38.9. The van der Waals surface area contributed by atoms with Crippen molar-refractivity contribution in [2.24, 2.45) is 15.9 Å². The minimum Gasteiger partial charge on any atom is -0.294 e. The lowest BCUT2D eigenvalue weighted by atomic mass is 9.65. The van der Waals surface area contributed by atoms with Crippen LogP contribution in [0.25, 0.3) is 55.1 Å². The van der Waals surface area contributed by atoms with Crippen LogP contribution in [0.2, 0.25) is 0 Å². The van der Waals surface area contributed by atoms with Gasteiger partial charge in [-0.3, -0.25) is 9.56 Å². The monoisotopic (exact) mass is 735 g/mol. The van der Waals surface area contributed by atoms with Crippen molar-refractivity contribution in [3.05, 3.63) is 211 Å². The number of rotatable bonds is 9. The summed E-state index contributed by atoms with van der Waals surface area (Å²) in [5, 5.41) is 4.81. The zero-order valence-electron chi connectivity index (χ0n) is 32.6. The summed E-state index contributed by atoms with van der Waals surface area (Å²) in [6, 6.07) is 47.8. The minimum atomic E-state index is -0.342. The predicted molar refractivity (Wildman–Crippen MR) is 246 cm³/mol. The Morgan fingerprint density at radius 2 is 1.47 bits per heavy atom. The Balaban J connectivity index is 1.19. The Labute approximate surface area is 335 Å². The third-order valence-corrected chi connectivity index (χ3v) is 12.0. The maximum Gasteiger partial charge on any atom is 0.131 e. The van der Waals surface area contributed by atoms with E-state index >= 15 is 0 Å². The Morgan fingerprint density at radius 1 is 0.737 bits per heavy atom. The third kappa shape index (κ3) is 6.45. The van der Waals surface area contributed by atoms with E-state index in [9.17, 15) is 0 Å². The van der Waals surface area contributed by atoms with Gasteiger partial charge >= 0.3 is 0 Å². The molecule has 7 aromatic rings. The second-order valence-electron chi connectivity index (χ2n) is 15.4. The number of nitrogens with zero attached hydrogens (tertiary/aromatic N) is 3. The average Bonchev–Trinajstić information content (AvgIpc) is 3.61. The fourth-order valence-corrected chi connectivity index (χ4v) is 9.10. The van der Waals surface area contributed by atoms with E-state index in [1.165, 1.54) is 33.0 Å². The second-order valence-corrected chi connectivity index (χ2v) is 15.4. The summed E-state index contributed by atoms with van der Waals surface area (Å²) in [6.45, 7) is 13.4. The molecule has 0 saturated heterocycles. The molecule has 2 aliphatic rings. The summed E-state index contributed by atoms with van der Waals surface area (Å²) < 4.78 is 2.27. The van der Waals surface area contributed by atoms with Gasteiger partial charge in [-0.2, -0.15) is 0 Å². The molecule has 2 aliphatic carbocycles. The summed E-state index contributed by atoms with van der Waals surface area (Å²) in [5.41, 5.74) is 11.8. The van der Waals surface area contributed by atoms with Crippen molar-refractivity contribution < 1.29 is 0 Å². The lowest BCUT2D eigenvalue weighted by Crippen LogP contribution is -2.34. The van der Waals surface area contributed by atoms with E-state index in [2.05, 4.69) is 207 Å². The number of hydrogen-bond donors (Lipinski definition) is 0. The van der Waals surface area contributed by atoms with Crippen LogP contribution in [0.5, 0.6) is 0 Å². The number of allylic oxidation sites excluding steroid dienone is 10. The molecule has 6 aromatic carbocycles. The molecule has 0 amide bonds. The highest BCUT2D eigenvalue weighted by Crippen LogP contribution is 2.49. The number of fused-ring (bicyclic) bond motifs is 4. The first kappa shape index (κ1) is 35.8. The fourth-order valence-electron chi connectivity index (χ4n) is 9.10. The van der Waals surface area contributed by atoms with Gasteiger partial charge in [0, 0.05) is 27.3 Å². The molecule has 3 heteroatoms. The number of benzene rings is 6. The van der Waals surface area contributed by atoms with E-state index in [1.807, 2.05) is 0 Å². The van der Waals surface area contributed by atoms with Gasteiger partial charge in [0.05, 0.1) is 22.4 Å². The molecule has 0 aliphatic heterocycles. The maximum absolute atomic E-state index is 5.40. The SMILES string of the molecule is C=Nc1ccc2c3ccccc3n(C(=C)N=C3C=CC=C/C3=C(/C)c3ccc(-c4cccc5ccccc45)cc3)c2c1C(C)(Cc1ccccc1)C1C=CC=CC1. The van der Waals surface area contributed by atoms with E-state index in [4.69, 9.17) is 16.6 Å². The summed E-state index contributed by atoms with van der Waals surface area (Å²) in [5.74, 6) is 0.881. The molecule has 0 N–H and O–H groups in total. The second kappa shape index (κ2) is 15.0. The third-order valence-electron chi connectivity index (χ3n) is 12.0. The largest absolute Gasteiger partial charge is 0.294 e. The zero-order valence-corrected chi connectivity index (χ0v) is 32.6. The number of para-hydroxylation sites is 1. The van der Waals surface area contributed by atoms with Crippen molar-refractivity contribution in [1.82, 2.24) is 4.57 Å². The highest BCUT2D eigenvalue weighted by Gasteiger charge is 2.39. The summed E-state index contributed by atoms with van der Waals surface area (Å²) >= 11 is 0. The Hall–Kier alpha value is -6.84. The van der Waals surface area contributed by atoms with Crippen molar-refractivity contribution >= 4 is 62.1 Å². The first-order chi connectivity index (χ1) is 27.9. The van der Waals surface area contributed by atoms with Crippen molar-refractivity contribution in [3.8, 4) is 11.1 Å². The van der Waals surface area contributed by atoms with Gasteiger partial charge in [0.25, 0.3) is 0 Å². The molecule has 3 nitrogen and oxygen atoms in total. The normalized spacial score (nSPS) is 17.7. The van der Waals surface area contributed by atoms with Gasteiger partial charge in [-0.15, -0.1) is 0 Å². The molecule has 0 radical (unpaired) electrons. The Kier molecular flexibility index (Phi) is 9.44. The van der Waals surface area contributed by atoms with E-state index in [0.29, 0.717) is 5.82 Å². The molecule has 0 saturated carbocycles. The molecule has 0 bridgehead atoms. The Bertz CT molecular complexity index is 2890. The van der Waals surface area contributed by atoms with Crippen molar-refractivity contribution in [2.75, 3.05) is 0 Å². The first-order valence-corrected chi connectivity index (χ1v) is 19.8. The van der Waals surface area contributed by atoms with Crippen molar-refractivity contribution in [2.45, 2.75) is 32.1 Å². The van der Waals surface area contributed by atoms with Crippen LogP contribution >= 0.6 is 0 Å². The predicted octanol–water partition coefficient (Wildman–Crippen LogP) is 14.0. The molecule has 2 unspecified atom stereocenters. The summed E-state index contributed by atoms with van der Waals surface area (Å²) in [7, 11) is 0. The molecule has 1 heterocycles. The molecule has 2 atom stereocenters. The topological polar surface area (TPSA) is 29.6 Å². The maximum atomic E-state index is 5.40. The van der Waals surface area contributed by atoms with Crippen LogP contribution in [0.4, 0.5) is 5.69 Å². The summed E-state index contributed by atoms with van der Waals surface area (Å²) in [4.78, 5) is 10.1. The summed E-state index contributed by atoms with van der Waals surface area (Å²) in [6.07, 6.45) is 19.2. The highest BCUT2D eigenvalue weighted by atomic mass is 15.1. The number of hydrogen-bond acceptors (Lipinski definition) is 2. The van der Waals surface area contributed by atoms with Crippen LogP contribution in [0.1, 0.15) is 37.0 Å². The van der Waals surface area contributed by atoms with Gasteiger partial charge in [0.1, 0.15) is 5.82 Å². The van der Waals surface area contributed by atoms with Crippen LogP contribution < -0.4 is 0 Å². The van der Waals surface area contributed by atoms with Gasteiger partial charge in [-0.1, -0.05) is 177 Å². The number of aliphatic imine (C=N–C) groups is 2. The van der Waals surface area contributed by atoms with Crippen LogP contribution in [0, 0.1) is 5.92 Å². The molecule has 9 rings (SSSR count). The standard InChI is InChI=1S/C54H45N3/c1-37(40-30-32-42(33-31-40)46-27-17-21-41-20-11-12-25-45(41)46)44-24-13-15-28-49(44)56-38(2)57-51-29-16-14-26-47(51)48-34-35-50(55-4)52(53(48)57)54(3,43-22-9-6-10-23-43)36-39-18-7-5-8-19-39/h5-22,24-35,43H,2,4,23,36H2,1,3H3/b44-37+,56-49?. The van der Waals surface area contributed by atoms with Crippen LogP contribution in [-0.2, 0) is 11.8 Å². The van der Waals surface area contributed by atoms with E-state index in [0.717, 1.165) is 62.8 Å².